The molecule has 0 heterocycles. The summed E-state index contributed by atoms with van der Waals surface area (Å²) in [5, 5.41) is 17.4. The lowest BCUT2D eigenvalue weighted by Crippen LogP contribution is -2.17. The first-order chi connectivity index (χ1) is 4.06. The Balaban J connectivity index is 3.07. The van der Waals surface area contributed by atoms with Gasteiger partial charge in [-0.1, -0.05) is 0 Å². The first-order valence-electron chi connectivity index (χ1n) is 3.24. The predicted octanol–water partition coefficient (Wildman–Crippen LogP) is 1.46. The summed E-state index contributed by atoms with van der Waals surface area (Å²) in [6.07, 6.45) is 2.26. The Morgan fingerprint density at radius 2 is 2.00 bits per heavy atom. The maximum atomic E-state index is 9.15. The fourth-order valence-electron chi connectivity index (χ4n) is 0.626. The van der Waals surface area contributed by atoms with Gasteiger partial charge in [0.1, 0.15) is 0 Å². The number of hydrogen-bond acceptors (Lipinski definition) is 2. The second-order valence-electron chi connectivity index (χ2n) is 2.89. The zero-order valence-electron chi connectivity index (χ0n) is 6.09. The molecule has 2 N–H and O–H groups in total. The Morgan fingerprint density at radius 1 is 1.44 bits per heavy atom. The van der Waals surface area contributed by atoms with Gasteiger partial charge in [-0.3, -0.25) is 0 Å². The maximum absolute atomic E-state index is 9.15. The average molecular weight is 131 g/mol. The van der Waals surface area contributed by atoms with Crippen LogP contribution in [0.5, 0.6) is 0 Å². The van der Waals surface area contributed by atoms with Gasteiger partial charge in [0, 0.05) is 0 Å². The minimum Gasteiger partial charge on any atom is -0.390 e. The Bertz CT molecular complexity index is 63.8. The van der Waals surface area contributed by atoms with Crippen molar-refractivity contribution in [3.05, 3.63) is 6.61 Å². The van der Waals surface area contributed by atoms with Gasteiger partial charge in [-0.05, 0) is 33.1 Å². The van der Waals surface area contributed by atoms with Crippen LogP contribution in [-0.4, -0.2) is 15.8 Å². The highest BCUT2D eigenvalue weighted by atomic mass is 16.3. The van der Waals surface area contributed by atoms with Gasteiger partial charge in [0.2, 0.25) is 0 Å². The zero-order chi connectivity index (χ0) is 7.33. The third-order valence-electron chi connectivity index (χ3n) is 1.12. The summed E-state index contributed by atoms with van der Waals surface area (Å²) in [5.41, 5.74) is -0.580. The van der Waals surface area contributed by atoms with Gasteiger partial charge >= 0.3 is 0 Å². The maximum Gasteiger partial charge on any atom is 0.0799 e. The lowest BCUT2D eigenvalue weighted by molar-refractivity contribution is 0.0680. The van der Waals surface area contributed by atoms with E-state index in [2.05, 4.69) is 0 Å². The summed E-state index contributed by atoms with van der Waals surface area (Å²) >= 11 is 0. The zero-order valence-corrected chi connectivity index (χ0v) is 6.09. The quantitative estimate of drug-likeness (QED) is 0.567. The van der Waals surface area contributed by atoms with Gasteiger partial charge in [0.05, 0.1) is 12.2 Å². The molecule has 1 radical (unpaired) electrons. The molecule has 0 saturated heterocycles. The van der Waals surface area contributed by atoms with Crippen LogP contribution in [-0.2, 0) is 0 Å². The van der Waals surface area contributed by atoms with Gasteiger partial charge < -0.3 is 10.2 Å². The SMILES string of the molecule is CC(C)(O)CCC[CH]O. The van der Waals surface area contributed by atoms with Crippen LogP contribution in [0.1, 0.15) is 33.1 Å². The highest BCUT2D eigenvalue weighted by molar-refractivity contribution is 4.65. The number of aliphatic hydroxyl groups excluding tert-OH is 1. The minimum absolute atomic E-state index is 0.580. The van der Waals surface area contributed by atoms with Crippen LogP contribution in [0.4, 0.5) is 0 Å². The highest BCUT2D eigenvalue weighted by Crippen LogP contribution is 2.11. The van der Waals surface area contributed by atoms with Crippen molar-refractivity contribution in [2.45, 2.75) is 38.7 Å². The average Bonchev–Trinajstić information content (AvgIpc) is 1.63. The first kappa shape index (κ1) is 8.92. The van der Waals surface area contributed by atoms with E-state index in [1.807, 2.05) is 0 Å². The number of rotatable bonds is 4. The molecule has 0 aromatic rings. The van der Waals surface area contributed by atoms with Crippen molar-refractivity contribution in [2.24, 2.45) is 0 Å². The smallest absolute Gasteiger partial charge is 0.0799 e. The van der Waals surface area contributed by atoms with Crippen molar-refractivity contribution >= 4 is 0 Å². The molecule has 9 heavy (non-hydrogen) atoms. The summed E-state index contributed by atoms with van der Waals surface area (Å²) in [4.78, 5) is 0. The van der Waals surface area contributed by atoms with E-state index in [1.54, 1.807) is 13.8 Å². The molecule has 2 nitrogen and oxygen atoms in total. The van der Waals surface area contributed by atoms with Crippen LogP contribution in [0.2, 0.25) is 0 Å². The van der Waals surface area contributed by atoms with Crippen LogP contribution >= 0.6 is 0 Å². The molecular weight excluding hydrogens is 116 g/mol. The van der Waals surface area contributed by atoms with Gasteiger partial charge in [-0.2, -0.15) is 0 Å². The van der Waals surface area contributed by atoms with Crippen molar-refractivity contribution in [3.63, 3.8) is 0 Å². The minimum atomic E-state index is -0.580. The molecule has 0 spiro atoms. The van der Waals surface area contributed by atoms with Crippen molar-refractivity contribution < 1.29 is 10.2 Å². The molecule has 0 fully saturated rings. The van der Waals surface area contributed by atoms with Crippen LogP contribution in [0.25, 0.3) is 0 Å². The van der Waals surface area contributed by atoms with Crippen LogP contribution in [0, 0.1) is 6.61 Å². The molecule has 2 heteroatoms. The molecule has 0 aliphatic carbocycles. The molecule has 0 aromatic heterocycles. The molecule has 0 bridgehead atoms. The van der Waals surface area contributed by atoms with E-state index >= 15 is 0 Å². The first-order valence-corrected chi connectivity index (χ1v) is 3.24. The summed E-state index contributed by atoms with van der Waals surface area (Å²) in [6, 6.07) is 0. The summed E-state index contributed by atoms with van der Waals surface area (Å²) in [7, 11) is 0. The summed E-state index contributed by atoms with van der Waals surface area (Å²) < 4.78 is 0. The fourth-order valence-corrected chi connectivity index (χ4v) is 0.626. The van der Waals surface area contributed by atoms with Crippen molar-refractivity contribution in [1.29, 1.82) is 0 Å². The van der Waals surface area contributed by atoms with Crippen LogP contribution in [0.15, 0.2) is 0 Å². The molecule has 0 aliphatic rings. The van der Waals surface area contributed by atoms with E-state index in [9.17, 15) is 0 Å². The Morgan fingerprint density at radius 3 is 2.33 bits per heavy atom. The van der Waals surface area contributed by atoms with Gasteiger partial charge in [0.25, 0.3) is 0 Å². The second kappa shape index (κ2) is 3.85. The normalized spacial score (nSPS) is 12.0. The molecule has 55 valence electrons. The van der Waals surface area contributed by atoms with E-state index in [1.165, 1.54) is 0 Å². The molecule has 0 aromatic carbocycles. The topological polar surface area (TPSA) is 40.5 Å². The van der Waals surface area contributed by atoms with E-state index < -0.39 is 5.60 Å². The summed E-state index contributed by atoms with van der Waals surface area (Å²) in [6.45, 7) is 4.67. The molecule has 0 amide bonds. The van der Waals surface area contributed by atoms with E-state index in [-0.39, 0.29) is 0 Å². The Labute approximate surface area is 56.5 Å². The largest absolute Gasteiger partial charge is 0.390 e. The fraction of sp³-hybridized carbons (Fsp3) is 0.857. The number of aliphatic hydroxyl groups is 2. The van der Waals surface area contributed by atoms with Crippen molar-refractivity contribution in [1.82, 2.24) is 0 Å². The Kier molecular flexibility index (Phi) is 3.82. The Hall–Kier alpha value is -0.0800. The molecular formula is C7H15O2. The van der Waals surface area contributed by atoms with E-state index in [0.717, 1.165) is 19.4 Å². The molecule has 0 rings (SSSR count). The van der Waals surface area contributed by atoms with E-state index in [4.69, 9.17) is 10.2 Å². The van der Waals surface area contributed by atoms with Crippen molar-refractivity contribution in [3.8, 4) is 0 Å². The molecule has 0 atom stereocenters. The third kappa shape index (κ3) is 7.92. The van der Waals surface area contributed by atoms with Crippen LogP contribution in [0.3, 0.4) is 0 Å². The predicted molar refractivity (Wildman–Crippen MR) is 36.4 cm³/mol. The highest BCUT2D eigenvalue weighted by Gasteiger charge is 2.10. The van der Waals surface area contributed by atoms with Crippen LogP contribution < -0.4 is 0 Å². The van der Waals surface area contributed by atoms with E-state index in [0.29, 0.717) is 6.42 Å². The standard InChI is InChI=1S/C7H15O2/c1-7(2,9)5-3-4-6-8/h6,8-9H,3-5H2,1-2H3. The number of unbranched alkanes of at least 4 members (excludes halogenated alkanes) is 1. The third-order valence-corrected chi connectivity index (χ3v) is 1.12. The lowest BCUT2D eigenvalue weighted by atomic mass is 10.0. The summed E-state index contributed by atoms with van der Waals surface area (Å²) in [5.74, 6) is 0. The van der Waals surface area contributed by atoms with Gasteiger partial charge in [-0.25, -0.2) is 0 Å². The lowest BCUT2D eigenvalue weighted by Gasteiger charge is -2.15. The second-order valence-corrected chi connectivity index (χ2v) is 2.89. The van der Waals surface area contributed by atoms with Gasteiger partial charge in [-0.15, -0.1) is 0 Å². The monoisotopic (exact) mass is 131 g/mol. The van der Waals surface area contributed by atoms with Crippen molar-refractivity contribution in [2.75, 3.05) is 0 Å². The molecule has 0 saturated carbocycles. The molecule has 0 unspecified atom stereocenters. The van der Waals surface area contributed by atoms with Gasteiger partial charge in [0.15, 0.2) is 0 Å². The molecule has 0 aliphatic heterocycles. The number of hydrogen-bond donors (Lipinski definition) is 2.